The van der Waals surface area contributed by atoms with Crippen LogP contribution in [0.5, 0.6) is 0 Å². The number of nitrogens with zero attached hydrogens (tertiary/aromatic N) is 1. The van der Waals surface area contributed by atoms with Crippen molar-refractivity contribution >= 4 is 5.97 Å². The number of quaternary nitrogens is 1. The third-order valence-electron chi connectivity index (χ3n) is 2.70. The Bertz CT molecular complexity index is 168. The first-order valence-electron chi connectivity index (χ1n) is 4.22. The van der Waals surface area contributed by atoms with Gasteiger partial charge in [0.25, 0.3) is 0 Å². The summed E-state index contributed by atoms with van der Waals surface area (Å²) in [5, 5.41) is 8.53. The van der Waals surface area contributed by atoms with Crippen molar-refractivity contribution in [1.82, 2.24) is 0 Å². The molecule has 0 amide bonds. The molecule has 3 nitrogen and oxygen atoms in total. The van der Waals surface area contributed by atoms with E-state index in [4.69, 9.17) is 5.11 Å². The first kappa shape index (κ1) is 11.4. The fourth-order valence-electron chi connectivity index (χ4n) is 0.711. The molecular weight excluding hydrogens is 154 g/mol. The van der Waals surface area contributed by atoms with E-state index in [2.05, 4.69) is 34.9 Å². The Balaban J connectivity index is 4.14. The fourth-order valence-corrected chi connectivity index (χ4v) is 0.711. The molecule has 0 spiro atoms. The Morgan fingerprint density at radius 1 is 1.33 bits per heavy atom. The van der Waals surface area contributed by atoms with Crippen LogP contribution in [-0.2, 0) is 4.79 Å². The van der Waals surface area contributed by atoms with Gasteiger partial charge >= 0.3 is 5.97 Å². The first-order chi connectivity index (χ1) is 5.17. The smallest absolute Gasteiger partial charge is 0.309 e. The highest BCUT2D eigenvalue weighted by atomic mass is 16.4. The van der Waals surface area contributed by atoms with Crippen molar-refractivity contribution in [1.29, 1.82) is 0 Å². The van der Waals surface area contributed by atoms with Crippen LogP contribution in [0.25, 0.3) is 0 Å². The van der Waals surface area contributed by atoms with Crippen LogP contribution in [0.4, 0.5) is 0 Å². The summed E-state index contributed by atoms with van der Waals surface area (Å²) in [5.74, 6) is -0.717. The van der Waals surface area contributed by atoms with Gasteiger partial charge in [-0.25, -0.2) is 0 Å². The molecule has 0 bridgehead atoms. The molecule has 0 aliphatic heterocycles. The molecular formula is C9H20NO2+. The normalized spacial score (nSPS) is 13.1. The molecule has 0 fully saturated rings. The summed E-state index contributed by atoms with van der Waals surface area (Å²) >= 11 is 0. The highest BCUT2D eigenvalue weighted by Crippen LogP contribution is 2.19. The Morgan fingerprint density at radius 2 is 1.75 bits per heavy atom. The van der Waals surface area contributed by atoms with Crippen LogP contribution in [0.1, 0.15) is 27.2 Å². The van der Waals surface area contributed by atoms with E-state index < -0.39 is 5.97 Å². The van der Waals surface area contributed by atoms with E-state index >= 15 is 0 Å². The molecule has 0 atom stereocenters. The SMILES string of the molecule is CC(C)(C)[N+](C)(C)CCC(=O)O. The minimum atomic E-state index is -0.717. The van der Waals surface area contributed by atoms with Gasteiger partial charge < -0.3 is 9.59 Å². The molecule has 0 aliphatic carbocycles. The third-order valence-corrected chi connectivity index (χ3v) is 2.70. The van der Waals surface area contributed by atoms with Crippen molar-refractivity contribution in [2.45, 2.75) is 32.7 Å². The summed E-state index contributed by atoms with van der Waals surface area (Å²) in [6.07, 6.45) is 0.240. The van der Waals surface area contributed by atoms with Gasteiger partial charge in [0.1, 0.15) is 0 Å². The van der Waals surface area contributed by atoms with Crippen LogP contribution in [-0.4, -0.2) is 41.7 Å². The molecule has 0 saturated carbocycles. The van der Waals surface area contributed by atoms with Crippen LogP contribution < -0.4 is 0 Å². The lowest BCUT2D eigenvalue weighted by Gasteiger charge is -2.42. The summed E-state index contributed by atoms with van der Waals surface area (Å²) in [7, 11) is 4.12. The number of carboxylic acids is 1. The van der Waals surface area contributed by atoms with Crippen LogP contribution in [0.2, 0.25) is 0 Å². The van der Waals surface area contributed by atoms with Gasteiger partial charge in [-0.15, -0.1) is 0 Å². The Hall–Kier alpha value is -0.570. The zero-order valence-corrected chi connectivity index (χ0v) is 8.72. The average Bonchev–Trinajstić information content (AvgIpc) is 1.81. The van der Waals surface area contributed by atoms with Crippen LogP contribution >= 0.6 is 0 Å². The first-order valence-corrected chi connectivity index (χ1v) is 4.22. The summed E-state index contributed by atoms with van der Waals surface area (Å²) < 4.78 is 0.735. The van der Waals surface area contributed by atoms with Gasteiger partial charge in [0, 0.05) is 0 Å². The van der Waals surface area contributed by atoms with E-state index in [0.717, 1.165) is 4.48 Å². The second kappa shape index (κ2) is 3.44. The maximum atomic E-state index is 10.4. The molecule has 0 rings (SSSR count). The van der Waals surface area contributed by atoms with Crippen molar-refractivity contribution in [2.75, 3.05) is 20.6 Å². The monoisotopic (exact) mass is 174 g/mol. The average molecular weight is 174 g/mol. The zero-order valence-electron chi connectivity index (χ0n) is 8.72. The van der Waals surface area contributed by atoms with E-state index in [-0.39, 0.29) is 12.0 Å². The van der Waals surface area contributed by atoms with Crippen molar-refractivity contribution < 1.29 is 14.4 Å². The third kappa shape index (κ3) is 3.22. The predicted octanol–water partition coefficient (Wildman–Crippen LogP) is 1.34. The highest BCUT2D eigenvalue weighted by Gasteiger charge is 2.31. The lowest BCUT2D eigenvalue weighted by atomic mass is 10.0. The van der Waals surface area contributed by atoms with E-state index in [0.29, 0.717) is 6.54 Å². The topological polar surface area (TPSA) is 37.3 Å². The van der Waals surface area contributed by atoms with Crippen LogP contribution in [0, 0.1) is 0 Å². The minimum absolute atomic E-state index is 0.107. The molecule has 0 aromatic rings. The fraction of sp³-hybridized carbons (Fsp3) is 0.889. The molecule has 0 aliphatic rings. The van der Waals surface area contributed by atoms with E-state index in [1.165, 1.54) is 0 Å². The molecule has 0 heterocycles. The van der Waals surface area contributed by atoms with Gasteiger partial charge in [0.2, 0.25) is 0 Å². The number of hydrogen-bond acceptors (Lipinski definition) is 1. The molecule has 72 valence electrons. The van der Waals surface area contributed by atoms with Crippen molar-refractivity contribution in [3.63, 3.8) is 0 Å². The molecule has 0 radical (unpaired) electrons. The summed E-state index contributed by atoms with van der Waals surface area (Å²) in [6, 6.07) is 0. The van der Waals surface area contributed by atoms with Gasteiger partial charge in [0.05, 0.1) is 32.6 Å². The maximum absolute atomic E-state index is 10.4. The van der Waals surface area contributed by atoms with Crippen molar-refractivity contribution in [2.24, 2.45) is 0 Å². The van der Waals surface area contributed by atoms with Crippen molar-refractivity contribution in [3.8, 4) is 0 Å². The molecule has 3 heteroatoms. The molecule has 0 aromatic carbocycles. The number of aliphatic carboxylic acids is 1. The highest BCUT2D eigenvalue weighted by molar-refractivity contribution is 5.66. The van der Waals surface area contributed by atoms with Crippen LogP contribution in [0.15, 0.2) is 0 Å². The number of carboxylic acid groups (broad SMARTS) is 1. The molecule has 12 heavy (non-hydrogen) atoms. The van der Waals surface area contributed by atoms with Gasteiger partial charge in [-0.3, -0.25) is 4.79 Å². The predicted molar refractivity (Wildman–Crippen MR) is 49.0 cm³/mol. The Labute approximate surface area is 74.6 Å². The van der Waals surface area contributed by atoms with E-state index in [9.17, 15) is 4.79 Å². The number of carbonyl (C=O) groups is 1. The Morgan fingerprint density at radius 3 is 2.00 bits per heavy atom. The molecule has 0 aromatic heterocycles. The van der Waals surface area contributed by atoms with E-state index in [1.54, 1.807) is 0 Å². The standard InChI is InChI=1S/C9H19NO2/c1-9(2,3)10(4,5)7-6-8(11)12/h6-7H2,1-5H3/p+1. The summed E-state index contributed by atoms with van der Waals surface area (Å²) in [4.78, 5) is 10.4. The van der Waals surface area contributed by atoms with Gasteiger partial charge in [0.15, 0.2) is 0 Å². The van der Waals surface area contributed by atoms with Gasteiger partial charge in [-0.1, -0.05) is 0 Å². The molecule has 0 saturated heterocycles. The lowest BCUT2D eigenvalue weighted by Crippen LogP contribution is -2.55. The quantitative estimate of drug-likeness (QED) is 0.655. The minimum Gasteiger partial charge on any atom is -0.481 e. The van der Waals surface area contributed by atoms with Gasteiger partial charge in [-0.05, 0) is 20.8 Å². The van der Waals surface area contributed by atoms with E-state index in [1.807, 2.05) is 0 Å². The zero-order chi connectivity index (χ0) is 9.99. The maximum Gasteiger partial charge on any atom is 0.309 e. The summed E-state index contributed by atoms with van der Waals surface area (Å²) in [5.41, 5.74) is 0.107. The second-order valence-electron chi connectivity index (χ2n) is 4.72. The molecule has 0 unspecified atom stereocenters. The molecule has 1 N–H and O–H groups in total. The summed E-state index contributed by atoms with van der Waals surface area (Å²) in [6.45, 7) is 7.04. The number of rotatable bonds is 3. The lowest BCUT2D eigenvalue weighted by molar-refractivity contribution is -0.935. The van der Waals surface area contributed by atoms with Gasteiger partial charge in [-0.2, -0.15) is 0 Å². The van der Waals surface area contributed by atoms with Crippen LogP contribution in [0.3, 0.4) is 0 Å². The number of hydrogen-bond donors (Lipinski definition) is 1. The van der Waals surface area contributed by atoms with Crippen molar-refractivity contribution in [3.05, 3.63) is 0 Å². The second-order valence-corrected chi connectivity index (χ2v) is 4.72. The Kier molecular flexibility index (Phi) is 3.27. The largest absolute Gasteiger partial charge is 0.481 e.